The molecule has 9 heteroatoms. The second kappa shape index (κ2) is 6.09. The van der Waals surface area contributed by atoms with Gasteiger partial charge in [0.2, 0.25) is 0 Å². The van der Waals surface area contributed by atoms with Crippen LogP contribution >= 0.6 is 15.9 Å². The van der Waals surface area contributed by atoms with Crippen LogP contribution in [-0.2, 0) is 10.0 Å². The molecule has 1 N–H and O–H groups in total. The number of aromatic nitrogens is 4. The van der Waals surface area contributed by atoms with Crippen LogP contribution in [0.4, 0.5) is 5.69 Å². The zero-order valence-corrected chi connectivity index (χ0v) is 14.4. The fourth-order valence-corrected chi connectivity index (χ4v) is 4.17. The number of aryl methyl sites for hydroxylation is 1. The predicted molar refractivity (Wildman–Crippen MR) is 88.8 cm³/mol. The van der Waals surface area contributed by atoms with Crippen LogP contribution in [0.25, 0.3) is 5.69 Å². The van der Waals surface area contributed by atoms with Crippen LogP contribution in [0, 0.1) is 6.92 Å². The number of halogens is 1. The van der Waals surface area contributed by atoms with Gasteiger partial charge < -0.3 is 0 Å². The van der Waals surface area contributed by atoms with Gasteiger partial charge in [0.15, 0.2) is 0 Å². The lowest BCUT2D eigenvalue weighted by Gasteiger charge is -2.11. The van der Waals surface area contributed by atoms with Crippen LogP contribution in [0.2, 0.25) is 0 Å². The number of nitrogens with zero attached hydrogens (tertiary/aromatic N) is 4. The molecule has 0 aliphatic carbocycles. The third kappa shape index (κ3) is 3.25. The number of hydrogen-bond donors (Lipinski definition) is 1. The first-order chi connectivity index (χ1) is 11.0. The Labute approximate surface area is 141 Å². The molecule has 23 heavy (non-hydrogen) atoms. The summed E-state index contributed by atoms with van der Waals surface area (Å²) in [7, 11) is -3.67. The van der Waals surface area contributed by atoms with Gasteiger partial charge in [0.1, 0.15) is 11.2 Å². The maximum Gasteiger partial charge on any atom is 0.263 e. The lowest BCUT2D eigenvalue weighted by atomic mass is 10.2. The van der Waals surface area contributed by atoms with Crippen molar-refractivity contribution < 1.29 is 8.42 Å². The molecule has 7 nitrogen and oxygen atoms in total. The minimum absolute atomic E-state index is 0.183. The van der Waals surface area contributed by atoms with Gasteiger partial charge in [-0.05, 0) is 69.2 Å². The third-order valence-corrected chi connectivity index (χ3v) is 5.56. The van der Waals surface area contributed by atoms with Gasteiger partial charge in [-0.3, -0.25) is 4.72 Å². The van der Waals surface area contributed by atoms with E-state index in [0.717, 1.165) is 11.3 Å². The Morgan fingerprint density at radius 2 is 1.96 bits per heavy atom. The Morgan fingerprint density at radius 1 is 1.17 bits per heavy atom. The summed E-state index contributed by atoms with van der Waals surface area (Å²) >= 11 is 3.25. The number of benzene rings is 2. The number of sulfonamides is 1. The molecule has 2 aromatic carbocycles. The smallest absolute Gasteiger partial charge is 0.263 e. The zero-order valence-electron chi connectivity index (χ0n) is 12.0. The van der Waals surface area contributed by atoms with E-state index in [4.69, 9.17) is 0 Å². The lowest BCUT2D eigenvalue weighted by Crippen LogP contribution is -2.13. The summed E-state index contributed by atoms with van der Waals surface area (Å²) in [5, 5.41) is 11.0. The van der Waals surface area contributed by atoms with E-state index < -0.39 is 10.0 Å². The highest BCUT2D eigenvalue weighted by molar-refractivity contribution is 9.10. The highest BCUT2D eigenvalue weighted by atomic mass is 79.9. The Bertz CT molecular complexity index is 942. The van der Waals surface area contributed by atoms with Crippen LogP contribution in [0.3, 0.4) is 0 Å². The number of tetrazole rings is 1. The molecule has 0 radical (unpaired) electrons. The maximum absolute atomic E-state index is 12.5. The second-order valence-corrected chi connectivity index (χ2v) is 7.30. The Balaban J connectivity index is 1.92. The molecule has 1 heterocycles. The Morgan fingerprint density at radius 3 is 2.61 bits per heavy atom. The molecule has 3 aromatic rings. The molecule has 3 rings (SSSR count). The summed E-state index contributed by atoms with van der Waals surface area (Å²) in [5.41, 5.74) is 2.08. The van der Waals surface area contributed by atoms with E-state index in [2.05, 4.69) is 36.2 Å². The van der Waals surface area contributed by atoms with Crippen LogP contribution in [0.1, 0.15) is 5.56 Å². The largest absolute Gasteiger partial charge is 0.280 e. The molecule has 1 aromatic heterocycles. The van der Waals surface area contributed by atoms with Crippen molar-refractivity contribution in [1.82, 2.24) is 20.2 Å². The average molecular weight is 394 g/mol. The third-order valence-electron chi connectivity index (χ3n) is 3.17. The Kier molecular flexibility index (Phi) is 4.14. The van der Waals surface area contributed by atoms with E-state index in [1.807, 2.05) is 6.92 Å². The van der Waals surface area contributed by atoms with Crippen molar-refractivity contribution in [2.75, 3.05) is 4.72 Å². The topological polar surface area (TPSA) is 89.8 Å². The van der Waals surface area contributed by atoms with E-state index in [-0.39, 0.29) is 4.90 Å². The van der Waals surface area contributed by atoms with Gasteiger partial charge in [-0.15, -0.1) is 5.10 Å². The highest BCUT2D eigenvalue weighted by Crippen LogP contribution is 2.25. The fraction of sp³-hybridized carbons (Fsp3) is 0.0714. The standard InChI is InChI=1S/C14H12BrN5O2S/c1-10-8-11(6-7-13(10)20-9-16-18-19-20)17-23(21,22)14-5-3-2-4-12(14)15/h2-9,17H,1H3. The minimum Gasteiger partial charge on any atom is -0.280 e. The number of rotatable bonds is 4. The summed E-state index contributed by atoms with van der Waals surface area (Å²) in [5.74, 6) is 0. The summed E-state index contributed by atoms with van der Waals surface area (Å²) in [4.78, 5) is 0.183. The van der Waals surface area contributed by atoms with E-state index in [1.165, 1.54) is 17.1 Å². The molecule has 0 unspecified atom stereocenters. The lowest BCUT2D eigenvalue weighted by molar-refractivity contribution is 0.601. The number of nitrogens with one attached hydrogen (secondary N) is 1. The molecule has 0 saturated heterocycles. The predicted octanol–water partition coefficient (Wildman–Crippen LogP) is 2.53. The van der Waals surface area contributed by atoms with Crippen LogP contribution in [-0.4, -0.2) is 28.6 Å². The van der Waals surface area contributed by atoms with Crippen molar-refractivity contribution in [3.05, 3.63) is 58.8 Å². The molecule has 118 valence electrons. The molecule has 0 amide bonds. The maximum atomic E-state index is 12.5. The summed E-state index contributed by atoms with van der Waals surface area (Å²) in [6, 6.07) is 11.8. The Hall–Kier alpha value is -2.26. The minimum atomic E-state index is -3.67. The van der Waals surface area contributed by atoms with E-state index in [0.29, 0.717) is 10.2 Å². The quantitative estimate of drug-likeness (QED) is 0.735. The monoisotopic (exact) mass is 393 g/mol. The van der Waals surface area contributed by atoms with Crippen molar-refractivity contribution >= 4 is 31.6 Å². The number of anilines is 1. The van der Waals surface area contributed by atoms with Crippen molar-refractivity contribution in [3.63, 3.8) is 0 Å². The summed E-state index contributed by atoms with van der Waals surface area (Å²) < 4.78 is 29.5. The van der Waals surface area contributed by atoms with Crippen molar-refractivity contribution in [2.45, 2.75) is 11.8 Å². The second-order valence-electron chi connectivity index (χ2n) is 4.79. The number of hydrogen-bond acceptors (Lipinski definition) is 5. The van der Waals surface area contributed by atoms with E-state index in [9.17, 15) is 8.42 Å². The SMILES string of the molecule is Cc1cc(NS(=O)(=O)c2ccccc2Br)ccc1-n1cnnn1. The fourth-order valence-electron chi connectivity index (χ4n) is 2.12. The van der Waals surface area contributed by atoms with E-state index >= 15 is 0 Å². The first-order valence-corrected chi connectivity index (χ1v) is 8.86. The van der Waals surface area contributed by atoms with Crippen molar-refractivity contribution in [2.24, 2.45) is 0 Å². The van der Waals surface area contributed by atoms with Gasteiger partial charge >= 0.3 is 0 Å². The molecule has 0 bridgehead atoms. The van der Waals surface area contributed by atoms with E-state index in [1.54, 1.807) is 36.4 Å². The van der Waals surface area contributed by atoms with Gasteiger partial charge in [0, 0.05) is 10.2 Å². The summed E-state index contributed by atoms with van der Waals surface area (Å²) in [6.07, 6.45) is 1.48. The van der Waals surface area contributed by atoms with Crippen LogP contribution in [0.15, 0.2) is 58.2 Å². The summed E-state index contributed by atoms with van der Waals surface area (Å²) in [6.45, 7) is 1.85. The van der Waals surface area contributed by atoms with Gasteiger partial charge in [-0.25, -0.2) is 13.1 Å². The van der Waals surface area contributed by atoms with Crippen LogP contribution in [0.5, 0.6) is 0 Å². The molecule has 0 spiro atoms. The van der Waals surface area contributed by atoms with Crippen molar-refractivity contribution in [3.8, 4) is 5.69 Å². The zero-order chi connectivity index (χ0) is 16.4. The molecular weight excluding hydrogens is 382 g/mol. The molecule has 0 aliphatic heterocycles. The van der Waals surface area contributed by atoms with Crippen molar-refractivity contribution in [1.29, 1.82) is 0 Å². The average Bonchev–Trinajstić information content (AvgIpc) is 3.01. The first-order valence-electron chi connectivity index (χ1n) is 6.59. The van der Waals surface area contributed by atoms with Gasteiger partial charge in [0.05, 0.1) is 5.69 Å². The van der Waals surface area contributed by atoms with Gasteiger partial charge in [-0.1, -0.05) is 12.1 Å². The highest BCUT2D eigenvalue weighted by Gasteiger charge is 2.17. The first kappa shape index (κ1) is 15.6. The van der Waals surface area contributed by atoms with Crippen LogP contribution < -0.4 is 4.72 Å². The molecule has 0 saturated carbocycles. The van der Waals surface area contributed by atoms with Gasteiger partial charge in [0.25, 0.3) is 10.0 Å². The van der Waals surface area contributed by atoms with Gasteiger partial charge in [-0.2, -0.15) is 0 Å². The molecule has 0 aliphatic rings. The molecule has 0 atom stereocenters. The molecular formula is C14H12BrN5O2S. The molecule has 0 fully saturated rings. The normalized spacial score (nSPS) is 11.4.